The molecule has 19 heavy (non-hydrogen) atoms. The Morgan fingerprint density at radius 3 is 2.95 bits per heavy atom. The van der Waals surface area contributed by atoms with E-state index in [1.165, 1.54) is 16.8 Å². The number of rotatable bonds is 5. The first-order valence-corrected chi connectivity index (χ1v) is 6.48. The van der Waals surface area contributed by atoms with E-state index in [1.807, 2.05) is 6.92 Å². The first-order valence-electron chi connectivity index (χ1n) is 6.10. The summed E-state index contributed by atoms with van der Waals surface area (Å²) in [5.41, 5.74) is 0.563. The van der Waals surface area contributed by atoms with Crippen molar-refractivity contribution in [2.24, 2.45) is 0 Å². The molecule has 0 fully saturated rings. The molecule has 0 radical (unpaired) electrons. The molecule has 0 spiro atoms. The van der Waals surface area contributed by atoms with Gasteiger partial charge in [-0.2, -0.15) is 4.68 Å². The molecule has 0 bridgehead atoms. The first-order chi connectivity index (χ1) is 9.13. The molecule has 0 saturated carbocycles. The molecule has 1 N–H and O–H groups in total. The Balaban J connectivity index is 2.33. The fourth-order valence-corrected chi connectivity index (χ4v) is 1.99. The summed E-state index contributed by atoms with van der Waals surface area (Å²) in [6.07, 6.45) is 1.02. The van der Waals surface area contributed by atoms with Gasteiger partial charge < -0.3 is 5.32 Å². The van der Waals surface area contributed by atoms with Crippen molar-refractivity contribution in [1.82, 2.24) is 25.5 Å². The molecule has 2 aromatic rings. The summed E-state index contributed by atoms with van der Waals surface area (Å²) in [7, 11) is 0. The van der Waals surface area contributed by atoms with E-state index in [-0.39, 0.29) is 16.9 Å². The van der Waals surface area contributed by atoms with Crippen molar-refractivity contribution >= 4 is 11.6 Å². The molecule has 102 valence electrons. The van der Waals surface area contributed by atoms with Gasteiger partial charge in [0, 0.05) is 0 Å². The molecule has 1 atom stereocenters. The fraction of sp³-hybridized carbons (Fsp3) is 0.417. The molecule has 0 amide bonds. The van der Waals surface area contributed by atoms with Gasteiger partial charge in [0.05, 0.1) is 16.8 Å². The van der Waals surface area contributed by atoms with Crippen LogP contribution in [-0.2, 0) is 0 Å². The molecule has 0 aliphatic rings. The SMILES string of the molecule is CCCNC(C)c1nnnn1-c1ccc(F)cc1Cl. The van der Waals surface area contributed by atoms with E-state index < -0.39 is 0 Å². The molecule has 1 aromatic carbocycles. The third-order valence-corrected chi connectivity index (χ3v) is 3.02. The molecule has 0 saturated heterocycles. The minimum absolute atomic E-state index is 0.0175. The first kappa shape index (κ1) is 13.9. The molecular formula is C12H15ClFN5. The van der Waals surface area contributed by atoms with E-state index in [2.05, 4.69) is 27.8 Å². The Morgan fingerprint density at radius 1 is 1.47 bits per heavy atom. The number of aromatic nitrogens is 4. The Bertz CT molecular complexity index is 557. The summed E-state index contributed by atoms with van der Waals surface area (Å²) in [4.78, 5) is 0. The Labute approximate surface area is 115 Å². The summed E-state index contributed by atoms with van der Waals surface area (Å²) >= 11 is 6.03. The van der Waals surface area contributed by atoms with Crippen molar-refractivity contribution in [2.75, 3.05) is 6.54 Å². The Kier molecular flexibility index (Phi) is 4.44. The fourth-order valence-electron chi connectivity index (χ4n) is 1.74. The summed E-state index contributed by atoms with van der Waals surface area (Å²) in [6.45, 7) is 4.92. The standard InChI is InChI=1S/C12H15ClFN5/c1-3-6-15-8(2)12-16-17-18-19(12)11-5-4-9(14)7-10(11)13/h4-5,7-8,15H,3,6H2,1-2H3. The highest BCUT2D eigenvalue weighted by molar-refractivity contribution is 6.32. The maximum atomic E-state index is 13.1. The highest BCUT2D eigenvalue weighted by Crippen LogP contribution is 2.23. The van der Waals surface area contributed by atoms with Gasteiger partial charge in [-0.3, -0.25) is 0 Å². The lowest BCUT2D eigenvalue weighted by Gasteiger charge is -2.13. The second-order valence-electron chi connectivity index (χ2n) is 4.22. The zero-order valence-corrected chi connectivity index (χ0v) is 11.5. The molecule has 2 rings (SSSR count). The largest absolute Gasteiger partial charge is 0.307 e. The van der Waals surface area contributed by atoms with Gasteiger partial charge in [-0.05, 0) is 48.5 Å². The number of nitrogens with zero attached hydrogens (tertiary/aromatic N) is 4. The van der Waals surface area contributed by atoms with Crippen LogP contribution in [0, 0.1) is 5.82 Å². The summed E-state index contributed by atoms with van der Waals surface area (Å²) in [5.74, 6) is 0.252. The van der Waals surface area contributed by atoms with E-state index in [4.69, 9.17) is 11.6 Å². The predicted octanol–water partition coefficient (Wildman–Crippen LogP) is 2.52. The van der Waals surface area contributed by atoms with Gasteiger partial charge in [0.15, 0.2) is 5.82 Å². The highest BCUT2D eigenvalue weighted by Gasteiger charge is 2.17. The van der Waals surface area contributed by atoms with E-state index in [0.29, 0.717) is 11.5 Å². The van der Waals surface area contributed by atoms with Crippen LogP contribution in [0.15, 0.2) is 18.2 Å². The van der Waals surface area contributed by atoms with Gasteiger partial charge >= 0.3 is 0 Å². The normalized spacial score (nSPS) is 12.6. The number of hydrogen-bond acceptors (Lipinski definition) is 4. The molecular weight excluding hydrogens is 269 g/mol. The Morgan fingerprint density at radius 2 is 2.26 bits per heavy atom. The second-order valence-corrected chi connectivity index (χ2v) is 4.63. The van der Waals surface area contributed by atoms with Gasteiger partial charge in [0.1, 0.15) is 5.82 Å². The van der Waals surface area contributed by atoms with Gasteiger partial charge in [-0.15, -0.1) is 5.10 Å². The maximum Gasteiger partial charge on any atom is 0.173 e. The van der Waals surface area contributed by atoms with Crippen molar-refractivity contribution in [3.8, 4) is 5.69 Å². The third-order valence-electron chi connectivity index (χ3n) is 2.72. The number of nitrogens with one attached hydrogen (secondary N) is 1. The number of benzene rings is 1. The Hall–Kier alpha value is -1.53. The zero-order chi connectivity index (χ0) is 13.8. The lowest BCUT2D eigenvalue weighted by Crippen LogP contribution is -2.22. The van der Waals surface area contributed by atoms with E-state index in [1.54, 1.807) is 6.07 Å². The quantitative estimate of drug-likeness (QED) is 0.916. The van der Waals surface area contributed by atoms with Crippen LogP contribution >= 0.6 is 11.6 Å². The van der Waals surface area contributed by atoms with E-state index >= 15 is 0 Å². The minimum atomic E-state index is -0.388. The summed E-state index contributed by atoms with van der Waals surface area (Å²) in [5, 5.41) is 15.1. The molecule has 1 heterocycles. The molecule has 0 aliphatic heterocycles. The van der Waals surface area contributed by atoms with Crippen LogP contribution in [0.3, 0.4) is 0 Å². The summed E-state index contributed by atoms with van der Waals surface area (Å²) in [6, 6.07) is 4.11. The third kappa shape index (κ3) is 3.08. The number of halogens is 2. The van der Waals surface area contributed by atoms with Crippen LogP contribution in [0.1, 0.15) is 32.1 Å². The van der Waals surface area contributed by atoms with Gasteiger partial charge in [-0.1, -0.05) is 18.5 Å². The smallest absolute Gasteiger partial charge is 0.173 e. The average Bonchev–Trinajstić information content (AvgIpc) is 2.85. The van der Waals surface area contributed by atoms with Crippen molar-refractivity contribution < 1.29 is 4.39 Å². The maximum absolute atomic E-state index is 13.1. The molecule has 1 aromatic heterocycles. The van der Waals surface area contributed by atoms with E-state index in [0.717, 1.165) is 13.0 Å². The molecule has 0 aliphatic carbocycles. The summed E-state index contributed by atoms with van der Waals surface area (Å²) < 4.78 is 14.6. The lowest BCUT2D eigenvalue weighted by molar-refractivity contribution is 0.531. The predicted molar refractivity (Wildman–Crippen MR) is 70.8 cm³/mol. The molecule has 1 unspecified atom stereocenters. The van der Waals surface area contributed by atoms with Crippen molar-refractivity contribution in [3.63, 3.8) is 0 Å². The van der Waals surface area contributed by atoms with E-state index in [9.17, 15) is 4.39 Å². The van der Waals surface area contributed by atoms with Crippen LogP contribution in [-0.4, -0.2) is 26.8 Å². The van der Waals surface area contributed by atoms with Crippen LogP contribution < -0.4 is 5.32 Å². The lowest BCUT2D eigenvalue weighted by atomic mass is 10.2. The van der Waals surface area contributed by atoms with Crippen molar-refractivity contribution in [2.45, 2.75) is 26.3 Å². The topological polar surface area (TPSA) is 55.6 Å². The second kappa shape index (κ2) is 6.08. The van der Waals surface area contributed by atoms with Crippen molar-refractivity contribution in [3.05, 3.63) is 34.9 Å². The van der Waals surface area contributed by atoms with Crippen LogP contribution in [0.2, 0.25) is 5.02 Å². The van der Waals surface area contributed by atoms with Crippen LogP contribution in [0.5, 0.6) is 0 Å². The average molecular weight is 284 g/mol. The van der Waals surface area contributed by atoms with Gasteiger partial charge in [0.2, 0.25) is 0 Å². The number of hydrogen-bond donors (Lipinski definition) is 1. The molecule has 5 nitrogen and oxygen atoms in total. The minimum Gasteiger partial charge on any atom is -0.307 e. The van der Waals surface area contributed by atoms with Crippen LogP contribution in [0.25, 0.3) is 5.69 Å². The zero-order valence-electron chi connectivity index (χ0n) is 10.8. The number of tetrazole rings is 1. The van der Waals surface area contributed by atoms with Crippen LogP contribution in [0.4, 0.5) is 4.39 Å². The van der Waals surface area contributed by atoms with Gasteiger partial charge in [-0.25, -0.2) is 4.39 Å². The molecule has 7 heteroatoms. The monoisotopic (exact) mass is 283 g/mol. The van der Waals surface area contributed by atoms with Crippen molar-refractivity contribution in [1.29, 1.82) is 0 Å². The highest BCUT2D eigenvalue weighted by atomic mass is 35.5. The van der Waals surface area contributed by atoms with Gasteiger partial charge in [0.25, 0.3) is 0 Å².